The van der Waals surface area contributed by atoms with Gasteiger partial charge in [-0.25, -0.2) is 19.9 Å². The van der Waals surface area contributed by atoms with E-state index < -0.39 is 17.2 Å². The second-order valence-electron chi connectivity index (χ2n) is 33.5. The average Bonchev–Trinajstić information content (AvgIpc) is 1.61. The molecule has 4 aromatic heterocycles. The molecule has 7 aliphatic heterocycles. The number of oxime groups is 4. The fraction of sp³-hybridized carbons (Fsp3) is 0.301. The van der Waals surface area contributed by atoms with Crippen LogP contribution in [0.2, 0.25) is 0 Å². The van der Waals surface area contributed by atoms with E-state index in [0.29, 0.717) is 32.2 Å². The Morgan fingerprint density at radius 2 is 0.719 bits per heavy atom. The number of rotatable bonds is 20. The van der Waals surface area contributed by atoms with Gasteiger partial charge in [0.25, 0.3) is 11.4 Å². The molecule has 1 saturated carbocycles. The summed E-state index contributed by atoms with van der Waals surface area (Å²) in [6, 6.07) is 58.5. The van der Waals surface area contributed by atoms with Gasteiger partial charge in [0.1, 0.15) is 29.6 Å². The molecular formula is C103H109N15O10. The Morgan fingerprint density at radius 1 is 0.344 bits per heavy atom. The van der Waals surface area contributed by atoms with Crippen molar-refractivity contribution in [3.63, 3.8) is 0 Å². The summed E-state index contributed by atoms with van der Waals surface area (Å²) in [6.07, 6.45) is 40.7. The predicted octanol–water partition coefficient (Wildman–Crippen LogP) is 20.0. The first-order valence-electron chi connectivity index (χ1n) is 43.7. The molecule has 25 heteroatoms. The first-order chi connectivity index (χ1) is 62.3. The molecule has 8 aromatic carbocycles. The minimum Gasteiger partial charge on any atom is -0.495 e. The summed E-state index contributed by atoms with van der Waals surface area (Å²) in [5, 5.41) is 19.6. The van der Waals surface area contributed by atoms with Gasteiger partial charge in [-0.1, -0.05) is 195 Å². The van der Waals surface area contributed by atoms with Gasteiger partial charge in [-0.05, 0) is 195 Å². The summed E-state index contributed by atoms with van der Waals surface area (Å²) in [5.74, 6) is 5.69. The van der Waals surface area contributed by atoms with Gasteiger partial charge in [0, 0.05) is 67.4 Å². The van der Waals surface area contributed by atoms with E-state index in [4.69, 9.17) is 47.9 Å². The highest BCUT2D eigenvalue weighted by molar-refractivity contribution is 6.02. The number of benzene rings is 8. The minimum atomic E-state index is -0.716. The molecule has 0 bridgehead atoms. The highest BCUT2D eigenvalue weighted by Gasteiger charge is 2.54. The van der Waals surface area contributed by atoms with Crippen molar-refractivity contribution in [3.05, 3.63) is 334 Å². The van der Waals surface area contributed by atoms with Crippen LogP contribution in [-0.4, -0.2) is 138 Å². The zero-order chi connectivity index (χ0) is 88.5. The van der Waals surface area contributed by atoms with Gasteiger partial charge in [-0.3, -0.25) is 4.84 Å². The molecule has 5 atom stereocenters. The number of allylic oxidation sites excluding steroid dienone is 1. The van der Waals surface area contributed by atoms with Crippen LogP contribution in [0.3, 0.4) is 0 Å². The quantitative estimate of drug-likeness (QED) is 0.0692. The Labute approximate surface area is 747 Å². The van der Waals surface area contributed by atoms with E-state index in [2.05, 4.69) is 212 Å². The van der Waals surface area contributed by atoms with E-state index in [1.807, 2.05) is 156 Å². The van der Waals surface area contributed by atoms with Crippen LogP contribution >= 0.6 is 0 Å². The van der Waals surface area contributed by atoms with E-state index in [-0.39, 0.29) is 11.5 Å². The van der Waals surface area contributed by atoms with Crippen molar-refractivity contribution in [3.8, 4) is 45.7 Å². The lowest BCUT2D eigenvalue weighted by Crippen LogP contribution is -2.54. The Bertz CT molecular complexity index is 5470. The summed E-state index contributed by atoms with van der Waals surface area (Å²) < 4.78 is 36.2. The van der Waals surface area contributed by atoms with E-state index in [1.165, 1.54) is 40.7 Å². The lowest BCUT2D eigenvalue weighted by Gasteiger charge is -2.40. The smallest absolute Gasteiger partial charge is 0.260 e. The number of methoxy groups -OCH3 is 4. The van der Waals surface area contributed by atoms with Crippen LogP contribution in [0.4, 0.5) is 0 Å². The van der Waals surface area contributed by atoms with Crippen LogP contribution < -0.4 is 18.9 Å². The van der Waals surface area contributed by atoms with Gasteiger partial charge < -0.3 is 71.1 Å². The van der Waals surface area contributed by atoms with Crippen LogP contribution in [-0.2, 0) is 51.7 Å². The molecule has 128 heavy (non-hydrogen) atoms. The monoisotopic (exact) mass is 1720 g/mol. The Kier molecular flexibility index (Phi) is 25.3. The summed E-state index contributed by atoms with van der Waals surface area (Å²) >= 11 is 0. The molecule has 12 aromatic rings. The number of ether oxygens (including phenoxy) is 5. The maximum absolute atomic E-state index is 6.20. The maximum Gasteiger partial charge on any atom is 0.260 e. The number of hydrogen-bond acceptors (Lipinski definition) is 21. The molecule has 1 aliphatic carbocycles. The molecular weight excluding hydrogens is 1610 g/mol. The summed E-state index contributed by atoms with van der Waals surface area (Å²) in [7, 11) is 6.73. The first kappa shape index (κ1) is 86.1. The minimum absolute atomic E-state index is 0.283. The fourth-order valence-corrected chi connectivity index (χ4v) is 17.8. The standard InChI is InChI=1S/C27H29N3O2.C26H28N4O2.2C25H26N4O3/c1-19-7-11-22(12-8-19)27-15-5-4-6-23(27)24(29-32-27)13-9-21-10-14-25(26(16-21)31-3)30-17-20(2)28-18-30;1-19-6-10-22(11-7-19)26-14-4-5-15-30(26)25(28-32-26)13-9-21-8-12-23(24(16-21)31-3)29-17-20(2)27-18-29;1-18-5-9-21(10-6-18)25-13-4-14-31-29(25)24(27-32-25)12-8-20-7-11-22(23(15-20)30-3)28-16-19(2)26-17-28;1-18-4-8-21(9-5-18)25-16-31-13-12-29(25)24(27-32-25)11-7-20-6-10-22(23(14-20)30-3)28-15-19(2)26-17-28/h7-14,16-18,23H,4-6,15H2,1-3H3;6-13,16-18H,4-5,14-15H2,1-3H3;5-12,15-17H,4,13-14H2,1-3H3;4-11,14-15,17H,12-13,16H2,1-3H3/b2*13-9+;12-8+;11-7+. The third-order valence-electron chi connectivity index (χ3n) is 24.7. The fourth-order valence-electron chi connectivity index (χ4n) is 17.8. The highest BCUT2D eigenvalue weighted by Crippen LogP contribution is 2.51. The molecule has 656 valence electrons. The molecule has 11 heterocycles. The summed E-state index contributed by atoms with van der Waals surface area (Å²) in [6.45, 7) is 19.6. The zero-order valence-corrected chi connectivity index (χ0v) is 74.7. The van der Waals surface area contributed by atoms with Gasteiger partial charge in [-0.15, -0.1) is 0 Å². The highest BCUT2D eigenvalue weighted by atomic mass is 16.8. The second kappa shape index (κ2) is 37.6. The van der Waals surface area contributed by atoms with Gasteiger partial charge in [0.2, 0.25) is 5.72 Å². The number of hydroxylamine groups is 2. The first-order valence-corrected chi connectivity index (χ1v) is 43.7. The van der Waals surface area contributed by atoms with Crippen molar-refractivity contribution in [1.82, 2.24) is 53.1 Å². The average molecular weight is 1720 g/mol. The lowest BCUT2D eigenvalue weighted by atomic mass is 9.70. The molecule has 8 aliphatic rings. The van der Waals surface area contributed by atoms with Crippen molar-refractivity contribution in [2.75, 3.05) is 61.3 Å². The van der Waals surface area contributed by atoms with Crippen LogP contribution in [0.1, 0.15) is 147 Å². The largest absolute Gasteiger partial charge is 0.495 e. The number of aromatic nitrogens is 8. The van der Waals surface area contributed by atoms with Crippen molar-refractivity contribution in [2.45, 2.75) is 136 Å². The van der Waals surface area contributed by atoms with E-state index in [1.54, 1.807) is 58.8 Å². The molecule has 4 fully saturated rings. The third-order valence-corrected chi connectivity index (χ3v) is 24.7. The molecule has 5 unspecified atom stereocenters. The maximum atomic E-state index is 6.20. The Morgan fingerprint density at radius 3 is 1.16 bits per heavy atom. The van der Waals surface area contributed by atoms with E-state index >= 15 is 0 Å². The predicted molar refractivity (Wildman–Crippen MR) is 498 cm³/mol. The number of fused-ring (bicyclic) bond motifs is 4. The van der Waals surface area contributed by atoms with Crippen LogP contribution in [0.5, 0.6) is 23.0 Å². The van der Waals surface area contributed by atoms with Gasteiger partial charge in [0.15, 0.2) is 23.1 Å². The van der Waals surface area contributed by atoms with Crippen molar-refractivity contribution >= 4 is 47.5 Å². The van der Waals surface area contributed by atoms with Crippen molar-refractivity contribution in [2.24, 2.45) is 26.5 Å². The Hall–Kier alpha value is -14.0. The van der Waals surface area contributed by atoms with Crippen LogP contribution in [0, 0.1) is 61.3 Å². The molecule has 0 amide bonds. The number of amidine groups is 3. The molecule has 0 radical (unpaired) electrons. The number of imidazole rings is 4. The second-order valence-corrected chi connectivity index (χ2v) is 33.5. The molecule has 3 saturated heterocycles. The van der Waals surface area contributed by atoms with Crippen LogP contribution in [0.15, 0.2) is 265 Å². The number of nitrogens with zero attached hydrogens (tertiary/aromatic N) is 15. The van der Waals surface area contributed by atoms with Gasteiger partial charge in [0.05, 0.1) is 124 Å². The summed E-state index contributed by atoms with van der Waals surface area (Å²) in [5.41, 5.74) is 19.9. The molecule has 20 rings (SSSR count). The number of aryl methyl sites for hydroxylation is 8. The molecule has 0 N–H and O–H groups in total. The number of hydrogen-bond donors (Lipinski definition) is 0. The Balaban J connectivity index is 0.000000120. The van der Waals surface area contributed by atoms with Crippen LogP contribution in [0.25, 0.3) is 47.1 Å². The van der Waals surface area contributed by atoms with Crippen molar-refractivity contribution < 1.29 is 47.9 Å². The number of piperidine rings is 1. The molecule has 0 spiro atoms. The SMILES string of the molecule is COc1cc(/C=C/C2=NOC3(c4ccc(C)cc4)CCCCC23)ccc1-n1cnc(C)c1.COc1cc(/C=C/C2=NOC3(c4ccc(C)cc4)CCCCN23)ccc1-n1cnc(C)c1.COc1cc(/C=C/C2=NOC3(c4ccc(C)cc4)CCCON23)ccc1-n1cnc(C)c1.COc1cc(/C=C/C2=NOC3(c4ccc(C)cc4)COCCN23)ccc1-n1cnc(C)c1. The van der Waals surface area contributed by atoms with Gasteiger partial charge >= 0.3 is 0 Å². The summed E-state index contributed by atoms with van der Waals surface area (Å²) in [4.78, 5) is 52.0. The molecule has 25 nitrogen and oxygen atoms in total. The normalized spacial score (nSPS) is 20.8. The topological polar surface area (TPSA) is 223 Å². The number of morpholine rings is 1. The van der Waals surface area contributed by atoms with E-state index in [9.17, 15) is 0 Å². The van der Waals surface area contributed by atoms with Crippen molar-refractivity contribution in [1.29, 1.82) is 0 Å². The van der Waals surface area contributed by atoms with Gasteiger partial charge in [-0.2, -0.15) is 5.06 Å². The lowest BCUT2D eigenvalue weighted by molar-refractivity contribution is -0.280. The zero-order valence-electron chi connectivity index (χ0n) is 74.7. The van der Waals surface area contributed by atoms with E-state index in [0.717, 1.165) is 176 Å². The third kappa shape index (κ3) is 17.8.